The van der Waals surface area contributed by atoms with E-state index in [1.807, 2.05) is 6.92 Å². The van der Waals surface area contributed by atoms with Gasteiger partial charge in [-0.05, 0) is 26.3 Å². The minimum atomic E-state index is -1.05. The molecule has 1 rings (SSSR count). The molecule has 19 heavy (non-hydrogen) atoms. The Hall–Kier alpha value is -2.00. The molecule has 1 aromatic heterocycles. The average Bonchev–Trinajstić information content (AvgIpc) is 2.54. The lowest BCUT2D eigenvalue weighted by atomic mass is 10.1. The van der Waals surface area contributed by atoms with Crippen LogP contribution in [0.25, 0.3) is 0 Å². The van der Waals surface area contributed by atoms with Crippen LogP contribution in [0, 0.1) is 26.2 Å². The van der Waals surface area contributed by atoms with Crippen molar-refractivity contribution in [3.05, 3.63) is 16.0 Å². The maximum Gasteiger partial charge on any atom is 0.338 e. The van der Waals surface area contributed by atoms with E-state index >= 15 is 0 Å². The third-order valence-corrected chi connectivity index (χ3v) is 3.75. The van der Waals surface area contributed by atoms with Crippen LogP contribution in [-0.2, 0) is 0 Å². The number of anilines is 1. The zero-order valence-corrected chi connectivity index (χ0v) is 11.9. The molecular formula is C13H16N2O3S. The van der Waals surface area contributed by atoms with Gasteiger partial charge in [0.05, 0.1) is 5.56 Å². The minimum absolute atomic E-state index is 0.141. The summed E-state index contributed by atoms with van der Waals surface area (Å²) in [6, 6.07) is -0.619. The largest absolute Gasteiger partial charge is 0.478 e. The Labute approximate surface area is 116 Å². The highest BCUT2D eigenvalue weighted by Gasteiger charge is 2.20. The van der Waals surface area contributed by atoms with Crippen LogP contribution in [-0.4, -0.2) is 23.1 Å². The van der Waals surface area contributed by atoms with Gasteiger partial charge < -0.3 is 10.4 Å². The van der Waals surface area contributed by atoms with Gasteiger partial charge in [0, 0.05) is 17.3 Å². The second kappa shape index (κ2) is 6.25. The number of nitrogens with one attached hydrogen (secondary N) is 2. The van der Waals surface area contributed by atoms with Gasteiger partial charge in [-0.15, -0.1) is 23.7 Å². The standard InChI is InChI=1S/C13H16N2O3S/c1-5-6-7(2)14-13(18)15-11-10(12(16)17)8(3)9(4)19-11/h1,7H,6H2,2-4H3,(H,16,17)(H2,14,15,18). The second-order valence-electron chi connectivity index (χ2n) is 4.20. The maximum absolute atomic E-state index is 11.7. The first kappa shape index (κ1) is 15.1. The molecule has 0 aliphatic carbocycles. The van der Waals surface area contributed by atoms with Gasteiger partial charge in [0.15, 0.2) is 0 Å². The Balaban J connectivity index is 2.83. The quantitative estimate of drug-likeness (QED) is 0.742. The van der Waals surface area contributed by atoms with E-state index in [0.29, 0.717) is 17.0 Å². The van der Waals surface area contributed by atoms with Crippen LogP contribution < -0.4 is 10.6 Å². The van der Waals surface area contributed by atoms with Crippen LogP contribution in [0.1, 0.15) is 34.1 Å². The summed E-state index contributed by atoms with van der Waals surface area (Å²) in [5.74, 6) is 1.40. The Morgan fingerprint density at radius 1 is 1.47 bits per heavy atom. The monoisotopic (exact) mass is 280 g/mol. The summed E-state index contributed by atoms with van der Waals surface area (Å²) in [6.45, 7) is 5.32. The molecule has 0 saturated heterocycles. The molecule has 1 heterocycles. The van der Waals surface area contributed by atoms with Gasteiger partial charge >= 0.3 is 12.0 Å². The van der Waals surface area contributed by atoms with Crippen molar-refractivity contribution < 1.29 is 14.7 Å². The smallest absolute Gasteiger partial charge is 0.338 e. The number of aryl methyl sites for hydroxylation is 1. The van der Waals surface area contributed by atoms with Crippen LogP contribution in [0.4, 0.5) is 9.80 Å². The van der Waals surface area contributed by atoms with Crippen LogP contribution in [0.5, 0.6) is 0 Å². The summed E-state index contributed by atoms with van der Waals surface area (Å²) in [5.41, 5.74) is 0.812. The molecular weight excluding hydrogens is 264 g/mol. The minimum Gasteiger partial charge on any atom is -0.478 e. The number of aromatic carboxylic acids is 1. The van der Waals surface area contributed by atoms with E-state index in [1.54, 1.807) is 13.8 Å². The van der Waals surface area contributed by atoms with Crippen molar-refractivity contribution in [3.8, 4) is 12.3 Å². The predicted molar refractivity (Wildman–Crippen MR) is 75.8 cm³/mol. The zero-order chi connectivity index (χ0) is 14.6. The number of carbonyl (C=O) groups is 2. The Morgan fingerprint density at radius 2 is 2.11 bits per heavy atom. The highest BCUT2D eigenvalue weighted by Crippen LogP contribution is 2.32. The number of rotatable bonds is 4. The predicted octanol–water partition coefficient (Wildman–Crippen LogP) is 2.60. The Kier molecular flexibility index (Phi) is 4.95. The molecule has 0 fully saturated rings. The molecule has 0 saturated carbocycles. The van der Waals surface area contributed by atoms with Crippen LogP contribution in [0.3, 0.4) is 0 Å². The Bertz CT molecular complexity index is 543. The number of carboxylic acid groups (broad SMARTS) is 1. The van der Waals surface area contributed by atoms with E-state index in [9.17, 15) is 9.59 Å². The number of hydrogen-bond acceptors (Lipinski definition) is 3. The molecule has 0 aliphatic heterocycles. The molecule has 1 aromatic rings. The lowest BCUT2D eigenvalue weighted by Gasteiger charge is -2.11. The van der Waals surface area contributed by atoms with E-state index in [1.165, 1.54) is 11.3 Å². The molecule has 0 bridgehead atoms. The van der Waals surface area contributed by atoms with Gasteiger partial charge in [-0.25, -0.2) is 9.59 Å². The highest BCUT2D eigenvalue weighted by atomic mass is 32.1. The number of thiophene rings is 1. The van der Waals surface area contributed by atoms with Crippen molar-refractivity contribution in [1.82, 2.24) is 5.32 Å². The number of urea groups is 1. The summed E-state index contributed by atoms with van der Waals surface area (Å²) < 4.78 is 0. The summed E-state index contributed by atoms with van der Waals surface area (Å²) in [4.78, 5) is 23.8. The van der Waals surface area contributed by atoms with Gasteiger partial charge in [0.1, 0.15) is 5.00 Å². The summed E-state index contributed by atoms with van der Waals surface area (Å²) in [5, 5.41) is 14.7. The fourth-order valence-corrected chi connectivity index (χ4v) is 2.61. The molecule has 6 heteroatoms. The van der Waals surface area contributed by atoms with E-state index < -0.39 is 12.0 Å². The van der Waals surface area contributed by atoms with Crippen LogP contribution in [0.15, 0.2) is 0 Å². The first-order valence-electron chi connectivity index (χ1n) is 5.71. The van der Waals surface area contributed by atoms with Crippen molar-refractivity contribution in [3.63, 3.8) is 0 Å². The number of carboxylic acids is 1. The lowest BCUT2D eigenvalue weighted by Crippen LogP contribution is -2.35. The first-order valence-corrected chi connectivity index (χ1v) is 6.52. The molecule has 3 N–H and O–H groups in total. The van der Waals surface area contributed by atoms with E-state index in [0.717, 1.165) is 4.88 Å². The summed E-state index contributed by atoms with van der Waals surface area (Å²) in [6.07, 6.45) is 5.57. The summed E-state index contributed by atoms with van der Waals surface area (Å²) in [7, 11) is 0. The number of hydrogen-bond donors (Lipinski definition) is 3. The molecule has 0 radical (unpaired) electrons. The maximum atomic E-state index is 11.7. The first-order chi connectivity index (χ1) is 8.86. The molecule has 0 spiro atoms. The summed E-state index contributed by atoms with van der Waals surface area (Å²) >= 11 is 1.24. The van der Waals surface area contributed by atoms with E-state index in [2.05, 4.69) is 16.6 Å². The molecule has 0 aromatic carbocycles. The van der Waals surface area contributed by atoms with E-state index in [4.69, 9.17) is 11.5 Å². The molecule has 1 atom stereocenters. The number of carbonyl (C=O) groups excluding carboxylic acids is 1. The molecule has 102 valence electrons. The Morgan fingerprint density at radius 3 is 2.63 bits per heavy atom. The van der Waals surface area contributed by atoms with Crippen molar-refractivity contribution in [2.24, 2.45) is 0 Å². The van der Waals surface area contributed by atoms with Gasteiger partial charge in [0.25, 0.3) is 0 Å². The zero-order valence-electron chi connectivity index (χ0n) is 11.0. The van der Waals surface area contributed by atoms with Crippen LogP contribution in [0.2, 0.25) is 0 Å². The number of terminal acetylenes is 1. The third kappa shape index (κ3) is 3.73. The van der Waals surface area contributed by atoms with Gasteiger partial charge in [-0.3, -0.25) is 5.32 Å². The molecule has 0 aliphatic rings. The van der Waals surface area contributed by atoms with Crippen molar-refractivity contribution >= 4 is 28.3 Å². The fourth-order valence-electron chi connectivity index (χ4n) is 1.56. The van der Waals surface area contributed by atoms with Gasteiger partial charge in [-0.1, -0.05) is 0 Å². The molecule has 5 nitrogen and oxygen atoms in total. The van der Waals surface area contributed by atoms with Crippen molar-refractivity contribution in [1.29, 1.82) is 0 Å². The van der Waals surface area contributed by atoms with Gasteiger partial charge in [-0.2, -0.15) is 0 Å². The second-order valence-corrected chi connectivity index (χ2v) is 5.43. The SMILES string of the molecule is C#CCC(C)NC(=O)Nc1sc(C)c(C)c1C(=O)O. The number of amides is 2. The van der Waals surface area contributed by atoms with Crippen molar-refractivity contribution in [2.75, 3.05) is 5.32 Å². The van der Waals surface area contributed by atoms with Crippen LogP contribution >= 0.6 is 11.3 Å². The lowest BCUT2D eigenvalue weighted by molar-refractivity contribution is 0.0697. The third-order valence-electron chi connectivity index (χ3n) is 2.63. The van der Waals surface area contributed by atoms with Crippen molar-refractivity contribution in [2.45, 2.75) is 33.2 Å². The topological polar surface area (TPSA) is 78.4 Å². The fraction of sp³-hybridized carbons (Fsp3) is 0.385. The van der Waals surface area contributed by atoms with E-state index in [-0.39, 0.29) is 11.6 Å². The molecule has 2 amide bonds. The molecule has 1 unspecified atom stereocenters. The normalized spacial score (nSPS) is 11.5. The average molecular weight is 280 g/mol. The highest BCUT2D eigenvalue weighted by molar-refractivity contribution is 7.16. The van der Waals surface area contributed by atoms with Gasteiger partial charge in [0.2, 0.25) is 0 Å².